The van der Waals surface area contributed by atoms with Crippen molar-refractivity contribution in [2.45, 2.75) is 27.2 Å². The molecule has 1 heterocycles. The highest BCUT2D eigenvalue weighted by atomic mass is 32.1. The van der Waals surface area contributed by atoms with Gasteiger partial charge in [-0.15, -0.1) is 11.3 Å². The highest BCUT2D eigenvalue weighted by molar-refractivity contribution is 7.12. The van der Waals surface area contributed by atoms with Crippen LogP contribution in [0, 0.1) is 20.8 Å². The molecule has 0 bridgehead atoms. The second-order valence-corrected chi connectivity index (χ2v) is 5.74. The summed E-state index contributed by atoms with van der Waals surface area (Å²) < 4.78 is 0. The summed E-state index contributed by atoms with van der Waals surface area (Å²) in [4.78, 5) is 10.6. The summed E-state index contributed by atoms with van der Waals surface area (Å²) in [5, 5.41) is 1.08. The van der Waals surface area contributed by atoms with Crippen molar-refractivity contribution in [3.05, 3.63) is 39.2 Å². The van der Waals surface area contributed by atoms with E-state index in [0.29, 0.717) is 6.61 Å². The summed E-state index contributed by atoms with van der Waals surface area (Å²) in [7, 11) is 0. The number of aryl methyl sites for hydroxylation is 3. The maximum Gasteiger partial charge on any atom is 0.0959 e. The lowest BCUT2D eigenvalue weighted by molar-refractivity contribution is 0.141. The van der Waals surface area contributed by atoms with Crippen LogP contribution in [0.3, 0.4) is 0 Å². The Hall–Kier alpha value is -1.23. The largest absolute Gasteiger partial charge is 0.304 e. The average molecular weight is 262 g/mol. The van der Waals surface area contributed by atoms with Crippen LogP contribution in [-0.2, 0) is 11.3 Å². The molecule has 3 nitrogen and oxygen atoms in total. The summed E-state index contributed by atoms with van der Waals surface area (Å²) >= 11 is 1.72. The maximum absolute atomic E-state index is 5.05. The van der Waals surface area contributed by atoms with Crippen molar-refractivity contribution in [1.82, 2.24) is 4.98 Å². The van der Waals surface area contributed by atoms with E-state index in [4.69, 9.17) is 10.9 Å². The normalized spacial score (nSPS) is 10.9. The van der Waals surface area contributed by atoms with Crippen molar-refractivity contribution in [3.8, 4) is 11.3 Å². The van der Waals surface area contributed by atoms with Crippen LogP contribution >= 0.6 is 11.3 Å². The van der Waals surface area contributed by atoms with E-state index in [-0.39, 0.29) is 0 Å². The Kier molecular flexibility index (Phi) is 4.11. The molecule has 0 unspecified atom stereocenters. The number of thiazole rings is 1. The van der Waals surface area contributed by atoms with Crippen molar-refractivity contribution in [1.29, 1.82) is 0 Å². The van der Waals surface area contributed by atoms with Crippen molar-refractivity contribution >= 4 is 11.3 Å². The molecule has 0 saturated carbocycles. The molecule has 2 rings (SSSR count). The Morgan fingerprint density at radius 3 is 2.78 bits per heavy atom. The molecule has 18 heavy (non-hydrogen) atoms. The molecule has 4 heteroatoms. The van der Waals surface area contributed by atoms with E-state index in [9.17, 15) is 0 Å². The summed E-state index contributed by atoms with van der Waals surface area (Å²) in [5.74, 6) is 5.05. The molecule has 0 aliphatic heterocycles. The molecule has 96 valence electrons. The molecule has 0 amide bonds. The summed E-state index contributed by atoms with van der Waals surface area (Å²) in [6.07, 6.45) is 0.771. The predicted octanol–water partition coefficient (Wildman–Crippen LogP) is 3.17. The molecule has 2 aromatic rings. The average Bonchev–Trinajstić information content (AvgIpc) is 2.71. The second kappa shape index (κ2) is 5.61. The maximum atomic E-state index is 5.05. The fourth-order valence-corrected chi connectivity index (χ4v) is 2.87. The SMILES string of the molecule is Cc1ccc(C)c(-c2nc(CCON)sc2C)c1. The van der Waals surface area contributed by atoms with Gasteiger partial charge in [-0.05, 0) is 32.4 Å². The van der Waals surface area contributed by atoms with Crippen LogP contribution in [0.15, 0.2) is 18.2 Å². The monoisotopic (exact) mass is 262 g/mol. The fourth-order valence-electron chi connectivity index (χ4n) is 1.95. The van der Waals surface area contributed by atoms with Gasteiger partial charge in [-0.3, -0.25) is 0 Å². The van der Waals surface area contributed by atoms with E-state index < -0.39 is 0 Å². The van der Waals surface area contributed by atoms with Crippen LogP contribution in [0.2, 0.25) is 0 Å². The minimum absolute atomic E-state index is 0.513. The number of nitrogens with two attached hydrogens (primary N) is 1. The molecule has 0 saturated heterocycles. The van der Waals surface area contributed by atoms with Crippen LogP contribution < -0.4 is 5.90 Å². The van der Waals surface area contributed by atoms with E-state index in [1.165, 1.54) is 21.6 Å². The Labute approximate surface area is 112 Å². The van der Waals surface area contributed by atoms with E-state index in [1.807, 2.05) is 0 Å². The summed E-state index contributed by atoms with van der Waals surface area (Å²) in [6.45, 7) is 6.85. The topological polar surface area (TPSA) is 48.1 Å². The lowest BCUT2D eigenvalue weighted by Gasteiger charge is -2.05. The van der Waals surface area contributed by atoms with Gasteiger partial charge in [0.1, 0.15) is 0 Å². The second-order valence-electron chi connectivity index (χ2n) is 4.45. The molecule has 0 radical (unpaired) electrons. The van der Waals surface area contributed by atoms with Gasteiger partial charge >= 0.3 is 0 Å². The summed E-state index contributed by atoms with van der Waals surface area (Å²) in [5.41, 5.74) is 4.84. The molecule has 1 aromatic carbocycles. The van der Waals surface area contributed by atoms with E-state index in [0.717, 1.165) is 17.1 Å². The Morgan fingerprint density at radius 2 is 2.06 bits per heavy atom. The van der Waals surface area contributed by atoms with Gasteiger partial charge in [0, 0.05) is 16.9 Å². The fraction of sp³-hybridized carbons (Fsp3) is 0.357. The molecule has 1 aromatic heterocycles. The molecular formula is C14H18N2OS. The van der Waals surface area contributed by atoms with Crippen molar-refractivity contribution in [2.75, 3.05) is 6.61 Å². The first-order valence-corrected chi connectivity index (χ1v) is 6.79. The van der Waals surface area contributed by atoms with Crippen molar-refractivity contribution in [3.63, 3.8) is 0 Å². The van der Waals surface area contributed by atoms with Gasteiger partial charge in [-0.2, -0.15) is 0 Å². The molecule has 0 aliphatic carbocycles. The molecule has 0 aliphatic rings. The van der Waals surface area contributed by atoms with Crippen molar-refractivity contribution < 1.29 is 4.84 Å². The van der Waals surface area contributed by atoms with Gasteiger partial charge in [0.05, 0.1) is 17.3 Å². The van der Waals surface area contributed by atoms with Gasteiger partial charge in [0.15, 0.2) is 0 Å². The van der Waals surface area contributed by atoms with Crippen LogP contribution in [-0.4, -0.2) is 11.6 Å². The van der Waals surface area contributed by atoms with Gasteiger partial charge < -0.3 is 4.84 Å². The van der Waals surface area contributed by atoms with Crippen LogP contribution in [0.5, 0.6) is 0 Å². The Morgan fingerprint density at radius 1 is 1.28 bits per heavy atom. The summed E-state index contributed by atoms with van der Waals surface area (Å²) in [6, 6.07) is 6.47. The minimum atomic E-state index is 0.513. The Balaban J connectivity index is 2.38. The Bertz CT molecular complexity index is 549. The van der Waals surface area contributed by atoms with Crippen LogP contribution in [0.4, 0.5) is 0 Å². The van der Waals surface area contributed by atoms with Crippen LogP contribution in [0.25, 0.3) is 11.3 Å². The molecular weight excluding hydrogens is 244 g/mol. The standard InChI is InChI=1S/C14H18N2OS/c1-9-4-5-10(2)12(8-9)14-11(3)18-13(16-14)6-7-17-15/h4-5,8H,6-7,15H2,1-3H3. The lowest BCUT2D eigenvalue weighted by atomic mass is 10.0. The zero-order valence-corrected chi connectivity index (χ0v) is 11.8. The smallest absolute Gasteiger partial charge is 0.0959 e. The minimum Gasteiger partial charge on any atom is -0.304 e. The first kappa shape index (κ1) is 13.2. The van der Waals surface area contributed by atoms with E-state index >= 15 is 0 Å². The molecule has 2 N–H and O–H groups in total. The first-order valence-electron chi connectivity index (χ1n) is 5.97. The number of hydrogen-bond acceptors (Lipinski definition) is 4. The van der Waals surface area contributed by atoms with Gasteiger partial charge in [0.2, 0.25) is 0 Å². The van der Waals surface area contributed by atoms with E-state index in [1.54, 1.807) is 11.3 Å². The third-order valence-electron chi connectivity index (χ3n) is 2.92. The third kappa shape index (κ3) is 2.77. The number of aromatic nitrogens is 1. The zero-order valence-electron chi connectivity index (χ0n) is 11.0. The van der Waals surface area contributed by atoms with Crippen molar-refractivity contribution in [2.24, 2.45) is 5.90 Å². The number of nitrogens with zero attached hydrogens (tertiary/aromatic N) is 1. The third-order valence-corrected chi connectivity index (χ3v) is 3.95. The highest BCUT2D eigenvalue weighted by Gasteiger charge is 2.11. The number of benzene rings is 1. The van der Waals surface area contributed by atoms with Gasteiger partial charge in [-0.25, -0.2) is 10.9 Å². The number of rotatable bonds is 4. The first-order chi connectivity index (χ1) is 8.61. The van der Waals surface area contributed by atoms with E-state index in [2.05, 4.69) is 43.8 Å². The van der Waals surface area contributed by atoms with Crippen LogP contribution in [0.1, 0.15) is 21.0 Å². The highest BCUT2D eigenvalue weighted by Crippen LogP contribution is 2.30. The number of hydrogen-bond donors (Lipinski definition) is 1. The zero-order chi connectivity index (χ0) is 13.1. The predicted molar refractivity (Wildman–Crippen MR) is 75.6 cm³/mol. The van der Waals surface area contributed by atoms with Gasteiger partial charge in [-0.1, -0.05) is 17.7 Å². The molecule has 0 spiro atoms. The molecule has 0 fully saturated rings. The lowest BCUT2D eigenvalue weighted by Crippen LogP contribution is -2.03. The quantitative estimate of drug-likeness (QED) is 0.861. The molecule has 0 atom stereocenters. The van der Waals surface area contributed by atoms with Gasteiger partial charge in [0.25, 0.3) is 0 Å².